The molecule has 0 aliphatic carbocycles. The average molecular weight is 405 g/mol. The molecule has 0 spiro atoms. The highest BCUT2D eigenvalue weighted by Gasteiger charge is 2.45. The molecule has 0 radical (unpaired) electrons. The molecule has 1 N–H and O–H groups in total. The van der Waals surface area contributed by atoms with Crippen molar-refractivity contribution in [2.45, 2.75) is 38.6 Å². The summed E-state index contributed by atoms with van der Waals surface area (Å²) in [7, 11) is 4.03. The van der Waals surface area contributed by atoms with Crippen LogP contribution in [0.4, 0.5) is 0 Å². The van der Waals surface area contributed by atoms with Crippen LogP contribution in [0, 0.1) is 0 Å². The van der Waals surface area contributed by atoms with Crippen molar-refractivity contribution >= 4 is 16.9 Å². The highest BCUT2D eigenvalue weighted by Crippen LogP contribution is 2.40. The number of ether oxygens (including phenoxy) is 1. The lowest BCUT2D eigenvalue weighted by atomic mass is 9.86. The minimum Gasteiger partial charge on any atom is -0.458 e. The predicted molar refractivity (Wildman–Crippen MR) is 112 cm³/mol. The van der Waals surface area contributed by atoms with Crippen molar-refractivity contribution in [3.63, 3.8) is 0 Å². The van der Waals surface area contributed by atoms with E-state index in [2.05, 4.69) is 11.0 Å². The number of hydrogen-bond acceptors (Lipinski definition) is 6. The van der Waals surface area contributed by atoms with Gasteiger partial charge >= 0.3 is 5.97 Å². The molecule has 2 aliphatic rings. The van der Waals surface area contributed by atoms with Gasteiger partial charge in [-0.15, -0.1) is 0 Å². The van der Waals surface area contributed by atoms with E-state index in [0.717, 1.165) is 27.7 Å². The predicted octanol–water partition coefficient (Wildman–Crippen LogP) is 2.14. The fourth-order valence-corrected chi connectivity index (χ4v) is 4.61. The molecule has 2 aliphatic heterocycles. The lowest BCUT2D eigenvalue weighted by molar-refractivity contribution is -0.172. The van der Waals surface area contributed by atoms with Crippen LogP contribution in [0.25, 0.3) is 22.3 Å². The molecule has 3 aromatic rings. The van der Waals surface area contributed by atoms with E-state index < -0.39 is 11.6 Å². The summed E-state index contributed by atoms with van der Waals surface area (Å²) in [6.07, 6.45) is 0.131. The van der Waals surface area contributed by atoms with Crippen molar-refractivity contribution in [3.05, 3.63) is 62.9 Å². The fourth-order valence-electron chi connectivity index (χ4n) is 4.61. The van der Waals surface area contributed by atoms with Gasteiger partial charge in [0.05, 0.1) is 29.0 Å². The Labute approximate surface area is 173 Å². The lowest BCUT2D eigenvalue weighted by Gasteiger charge is -2.31. The molecule has 4 heterocycles. The maximum atomic E-state index is 13.3. The van der Waals surface area contributed by atoms with Crippen molar-refractivity contribution in [2.75, 3.05) is 14.1 Å². The van der Waals surface area contributed by atoms with E-state index in [9.17, 15) is 14.7 Å². The summed E-state index contributed by atoms with van der Waals surface area (Å²) in [5, 5.41) is 12.1. The SMILES string of the molecule is CC[C@@]1(O)C(=O)OCc2c1cc1n(c2=O)Cc2c-1nc1ccccc1c2CN(C)C. The highest BCUT2D eigenvalue weighted by molar-refractivity contribution is 5.89. The first-order chi connectivity index (χ1) is 14.3. The van der Waals surface area contributed by atoms with E-state index in [1.165, 1.54) is 0 Å². The van der Waals surface area contributed by atoms with Crippen molar-refractivity contribution in [1.82, 2.24) is 14.5 Å². The van der Waals surface area contributed by atoms with Crippen molar-refractivity contribution in [1.29, 1.82) is 0 Å². The first-order valence-corrected chi connectivity index (χ1v) is 10.1. The monoisotopic (exact) mass is 405 g/mol. The number of carbonyl (C=O) groups excluding carboxylic acids is 1. The molecule has 0 unspecified atom stereocenters. The van der Waals surface area contributed by atoms with Crippen LogP contribution in [-0.2, 0) is 34.8 Å². The van der Waals surface area contributed by atoms with E-state index >= 15 is 0 Å². The molecule has 7 nitrogen and oxygen atoms in total. The molecule has 0 saturated carbocycles. The van der Waals surface area contributed by atoms with Gasteiger partial charge in [-0.1, -0.05) is 25.1 Å². The molecule has 154 valence electrons. The summed E-state index contributed by atoms with van der Waals surface area (Å²) in [5.74, 6) is -0.708. The number of pyridine rings is 2. The first kappa shape index (κ1) is 19.0. The van der Waals surface area contributed by atoms with Crippen LogP contribution in [0.15, 0.2) is 35.1 Å². The number of hydrogen-bond donors (Lipinski definition) is 1. The third kappa shape index (κ3) is 2.49. The molecule has 0 fully saturated rings. The second-order valence-corrected chi connectivity index (χ2v) is 8.28. The second kappa shape index (κ2) is 6.48. The fraction of sp³-hybridized carbons (Fsp3) is 0.348. The molecule has 1 atom stereocenters. The van der Waals surface area contributed by atoms with Crippen LogP contribution in [0.3, 0.4) is 0 Å². The largest absolute Gasteiger partial charge is 0.458 e. The van der Waals surface area contributed by atoms with Gasteiger partial charge in [0.1, 0.15) is 6.61 Å². The Morgan fingerprint density at radius 2 is 2.00 bits per heavy atom. The molecule has 5 rings (SSSR count). The second-order valence-electron chi connectivity index (χ2n) is 8.28. The van der Waals surface area contributed by atoms with Gasteiger partial charge < -0.3 is 19.3 Å². The van der Waals surface area contributed by atoms with E-state index in [1.807, 2.05) is 32.3 Å². The number of rotatable bonds is 3. The molecular formula is C23H23N3O4. The zero-order chi connectivity index (χ0) is 21.2. The molecular weight excluding hydrogens is 382 g/mol. The van der Waals surface area contributed by atoms with Gasteiger partial charge in [-0.25, -0.2) is 9.78 Å². The highest BCUT2D eigenvalue weighted by atomic mass is 16.6. The van der Waals surface area contributed by atoms with E-state index in [1.54, 1.807) is 17.6 Å². The van der Waals surface area contributed by atoms with Gasteiger partial charge in [-0.2, -0.15) is 0 Å². The number of cyclic esters (lactones) is 1. The van der Waals surface area contributed by atoms with Crippen LogP contribution in [0.2, 0.25) is 0 Å². The van der Waals surface area contributed by atoms with E-state index in [-0.39, 0.29) is 18.6 Å². The third-order valence-electron chi connectivity index (χ3n) is 6.19. The van der Waals surface area contributed by atoms with Gasteiger partial charge in [-0.05, 0) is 38.2 Å². The Kier molecular flexibility index (Phi) is 4.10. The van der Waals surface area contributed by atoms with Crippen molar-refractivity contribution < 1.29 is 14.6 Å². The topological polar surface area (TPSA) is 84.7 Å². The molecule has 0 bridgehead atoms. The molecule has 0 saturated heterocycles. The number of para-hydroxylation sites is 1. The summed E-state index contributed by atoms with van der Waals surface area (Å²) in [5.41, 5.74) is 3.02. The zero-order valence-corrected chi connectivity index (χ0v) is 17.2. The van der Waals surface area contributed by atoms with Crippen molar-refractivity contribution in [2.24, 2.45) is 0 Å². The van der Waals surface area contributed by atoms with Crippen LogP contribution in [0.5, 0.6) is 0 Å². The summed E-state index contributed by atoms with van der Waals surface area (Å²) >= 11 is 0. The minimum atomic E-state index is -1.81. The van der Waals surface area contributed by atoms with Gasteiger partial charge in [0.25, 0.3) is 5.56 Å². The zero-order valence-electron chi connectivity index (χ0n) is 17.2. The Bertz CT molecular complexity index is 1280. The number of esters is 1. The minimum absolute atomic E-state index is 0.119. The number of fused-ring (bicyclic) bond motifs is 5. The lowest BCUT2D eigenvalue weighted by Crippen LogP contribution is -2.44. The van der Waals surface area contributed by atoms with Crippen LogP contribution in [0.1, 0.15) is 35.6 Å². The molecule has 7 heteroatoms. The normalized spacial score (nSPS) is 19.6. The quantitative estimate of drug-likeness (QED) is 0.526. The van der Waals surface area contributed by atoms with Gasteiger partial charge in [0, 0.05) is 23.1 Å². The number of aliphatic hydroxyl groups is 1. The maximum Gasteiger partial charge on any atom is 0.343 e. The van der Waals surface area contributed by atoms with E-state index in [0.29, 0.717) is 29.9 Å². The Morgan fingerprint density at radius 1 is 1.23 bits per heavy atom. The van der Waals surface area contributed by atoms with E-state index in [4.69, 9.17) is 9.72 Å². The Balaban J connectivity index is 1.82. The first-order valence-electron chi connectivity index (χ1n) is 10.1. The van der Waals surface area contributed by atoms with Crippen LogP contribution in [-0.4, -0.2) is 39.6 Å². The average Bonchev–Trinajstić information content (AvgIpc) is 3.10. The van der Waals surface area contributed by atoms with Crippen LogP contribution >= 0.6 is 0 Å². The Morgan fingerprint density at radius 3 is 2.73 bits per heavy atom. The van der Waals surface area contributed by atoms with Gasteiger partial charge in [0.2, 0.25) is 0 Å². The van der Waals surface area contributed by atoms with Gasteiger partial charge in [-0.3, -0.25) is 4.79 Å². The summed E-state index contributed by atoms with van der Waals surface area (Å²) in [6, 6.07) is 9.72. The molecule has 0 amide bonds. The maximum absolute atomic E-state index is 13.3. The molecule has 1 aromatic carbocycles. The van der Waals surface area contributed by atoms with Crippen LogP contribution < -0.4 is 5.56 Å². The number of nitrogens with zero attached hydrogens (tertiary/aromatic N) is 3. The smallest absolute Gasteiger partial charge is 0.343 e. The summed E-state index contributed by atoms with van der Waals surface area (Å²) in [6.45, 7) is 2.71. The number of carbonyl (C=O) groups is 1. The summed E-state index contributed by atoms with van der Waals surface area (Å²) < 4.78 is 6.83. The molecule has 30 heavy (non-hydrogen) atoms. The number of benzene rings is 1. The third-order valence-corrected chi connectivity index (χ3v) is 6.19. The number of aromatic nitrogens is 2. The van der Waals surface area contributed by atoms with Gasteiger partial charge in [0.15, 0.2) is 5.60 Å². The molecule has 2 aromatic heterocycles. The summed E-state index contributed by atoms with van der Waals surface area (Å²) in [4.78, 5) is 32.6. The standard InChI is InChI=1S/C23H23N3O4/c1-4-23(29)17-9-19-20-15(11-26(19)21(27)16(17)12-30-22(23)28)14(10-25(2)3)13-7-5-6-8-18(13)24-20/h5-9,29H,4,10-12H2,1-3H3/t23-/m0/s1. The Hall–Kier alpha value is -3.03. The van der Waals surface area contributed by atoms with Crippen molar-refractivity contribution in [3.8, 4) is 11.4 Å².